The monoisotopic (exact) mass is 250 g/mol. The van der Waals surface area contributed by atoms with Gasteiger partial charge in [0.1, 0.15) is 0 Å². The van der Waals surface area contributed by atoms with Gasteiger partial charge in [0.2, 0.25) is 0 Å². The van der Waals surface area contributed by atoms with E-state index in [0.717, 1.165) is 17.9 Å². The van der Waals surface area contributed by atoms with Gasteiger partial charge in [-0.3, -0.25) is 4.79 Å². The van der Waals surface area contributed by atoms with Crippen molar-refractivity contribution < 1.29 is 9.90 Å². The molecule has 0 aliphatic carbocycles. The number of carbonyl (C=O) groups is 1. The molecule has 0 bridgehead atoms. The van der Waals surface area contributed by atoms with Gasteiger partial charge in [-0.25, -0.2) is 0 Å². The summed E-state index contributed by atoms with van der Waals surface area (Å²) >= 11 is 3.88. The van der Waals surface area contributed by atoms with Gasteiger partial charge in [0.05, 0.1) is 0 Å². The molecule has 2 nitrogen and oxygen atoms in total. The van der Waals surface area contributed by atoms with Gasteiger partial charge in [0.25, 0.3) is 0 Å². The van der Waals surface area contributed by atoms with E-state index in [0.29, 0.717) is 11.7 Å². The molecule has 0 radical (unpaired) electrons. The van der Waals surface area contributed by atoms with Crippen LogP contribution in [0.1, 0.15) is 39.5 Å². The molecular weight excluding hydrogens is 228 g/mol. The van der Waals surface area contributed by atoms with E-state index in [4.69, 9.17) is 5.11 Å². The van der Waals surface area contributed by atoms with Crippen LogP contribution in [0.4, 0.5) is 0 Å². The van der Waals surface area contributed by atoms with Gasteiger partial charge in [-0.15, -0.1) is 0 Å². The van der Waals surface area contributed by atoms with Crippen molar-refractivity contribution in [3.8, 4) is 0 Å². The zero-order chi connectivity index (χ0) is 11.5. The molecule has 0 aliphatic rings. The Hall–Kier alpha value is 0.170. The van der Waals surface area contributed by atoms with Crippen molar-refractivity contribution in [2.45, 2.75) is 44.8 Å². The minimum absolute atomic E-state index is 0.314. The molecule has 0 aliphatic heterocycles. The fourth-order valence-corrected chi connectivity index (χ4v) is 3.55. The molecule has 90 valence electrons. The SMILES string of the molecule is CCCSCC(CCC(=O)O)SCCC. The second-order valence-corrected chi connectivity index (χ2v) is 6.06. The number of hydrogen-bond donors (Lipinski definition) is 1. The highest BCUT2D eigenvalue weighted by molar-refractivity contribution is 8.03. The summed E-state index contributed by atoms with van der Waals surface area (Å²) in [5.74, 6) is 2.77. The molecule has 4 heteroatoms. The first-order valence-electron chi connectivity index (χ1n) is 5.61. The number of carboxylic acids is 1. The molecular formula is C11H22O2S2. The molecule has 0 aromatic heterocycles. The van der Waals surface area contributed by atoms with Gasteiger partial charge in [0.15, 0.2) is 0 Å². The molecule has 0 amide bonds. The molecule has 0 saturated carbocycles. The Morgan fingerprint density at radius 1 is 1.27 bits per heavy atom. The molecule has 1 unspecified atom stereocenters. The number of hydrogen-bond acceptors (Lipinski definition) is 3. The van der Waals surface area contributed by atoms with Crippen LogP contribution in [0.3, 0.4) is 0 Å². The first-order chi connectivity index (χ1) is 7.20. The van der Waals surface area contributed by atoms with Crippen LogP contribution >= 0.6 is 23.5 Å². The van der Waals surface area contributed by atoms with E-state index in [-0.39, 0.29) is 0 Å². The Labute approximate surface area is 102 Å². The third-order valence-electron chi connectivity index (χ3n) is 1.89. The van der Waals surface area contributed by atoms with E-state index in [9.17, 15) is 4.79 Å². The van der Waals surface area contributed by atoms with Gasteiger partial charge in [0, 0.05) is 17.4 Å². The van der Waals surface area contributed by atoms with Crippen molar-refractivity contribution in [1.29, 1.82) is 0 Å². The summed E-state index contributed by atoms with van der Waals surface area (Å²) in [5, 5.41) is 9.17. The first kappa shape index (κ1) is 15.2. The van der Waals surface area contributed by atoms with E-state index in [1.807, 2.05) is 23.5 Å². The molecule has 0 saturated heterocycles. The smallest absolute Gasteiger partial charge is 0.303 e. The lowest BCUT2D eigenvalue weighted by Crippen LogP contribution is -2.10. The van der Waals surface area contributed by atoms with Crippen molar-refractivity contribution in [2.24, 2.45) is 0 Å². The summed E-state index contributed by atoms with van der Waals surface area (Å²) < 4.78 is 0. The lowest BCUT2D eigenvalue weighted by atomic mass is 10.2. The molecule has 0 rings (SSSR count). The topological polar surface area (TPSA) is 37.3 Å². The highest BCUT2D eigenvalue weighted by Gasteiger charge is 2.10. The van der Waals surface area contributed by atoms with Gasteiger partial charge in [-0.05, 0) is 30.8 Å². The maximum atomic E-state index is 10.5. The van der Waals surface area contributed by atoms with Crippen LogP contribution in [-0.2, 0) is 4.79 Å². The third kappa shape index (κ3) is 10.5. The average Bonchev–Trinajstić information content (AvgIpc) is 2.21. The van der Waals surface area contributed by atoms with E-state index in [1.54, 1.807) is 0 Å². The van der Waals surface area contributed by atoms with E-state index < -0.39 is 5.97 Å². The van der Waals surface area contributed by atoms with Crippen molar-refractivity contribution >= 4 is 29.5 Å². The molecule has 0 aromatic rings. The number of rotatable bonds is 10. The number of carboxylic acid groups (broad SMARTS) is 1. The summed E-state index contributed by atoms with van der Waals surface area (Å²) in [6, 6.07) is 0. The Morgan fingerprint density at radius 2 is 1.93 bits per heavy atom. The fourth-order valence-electron chi connectivity index (χ4n) is 1.14. The van der Waals surface area contributed by atoms with Crippen LogP contribution in [0, 0.1) is 0 Å². The molecule has 0 spiro atoms. The van der Waals surface area contributed by atoms with E-state index in [2.05, 4.69) is 13.8 Å². The van der Waals surface area contributed by atoms with Crippen LogP contribution in [0.2, 0.25) is 0 Å². The Morgan fingerprint density at radius 3 is 2.47 bits per heavy atom. The Bertz CT molecular complexity index is 163. The quantitative estimate of drug-likeness (QED) is 0.602. The van der Waals surface area contributed by atoms with Crippen LogP contribution in [0.5, 0.6) is 0 Å². The number of thioether (sulfide) groups is 2. The van der Waals surface area contributed by atoms with Crippen LogP contribution in [-0.4, -0.2) is 33.6 Å². The predicted molar refractivity (Wildman–Crippen MR) is 71.0 cm³/mol. The zero-order valence-electron chi connectivity index (χ0n) is 9.70. The second-order valence-electron chi connectivity index (χ2n) is 3.50. The highest BCUT2D eigenvalue weighted by Crippen LogP contribution is 2.22. The Kier molecular flexibility index (Phi) is 10.8. The maximum Gasteiger partial charge on any atom is 0.303 e. The summed E-state index contributed by atoms with van der Waals surface area (Å²) in [6.07, 6.45) is 3.51. The van der Waals surface area contributed by atoms with Crippen molar-refractivity contribution in [1.82, 2.24) is 0 Å². The summed E-state index contributed by atoms with van der Waals surface area (Å²) in [6.45, 7) is 4.35. The predicted octanol–water partition coefficient (Wildman–Crippen LogP) is 3.51. The molecule has 0 heterocycles. The van der Waals surface area contributed by atoms with Gasteiger partial charge < -0.3 is 5.11 Å². The number of aliphatic carboxylic acids is 1. The lowest BCUT2D eigenvalue weighted by molar-refractivity contribution is -0.137. The summed E-state index contributed by atoms with van der Waals surface area (Å²) in [4.78, 5) is 10.5. The zero-order valence-corrected chi connectivity index (χ0v) is 11.3. The van der Waals surface area contributed by atoms with Crippen molar-refractivity contribution in [3.05, 3.63) is 0 Å². The summed E-state index contributed by atoms with van der Waals surface area (Å²) in [7, 11) is 0. The van der Waals surface area contributed by atoms with Crippen LogP contribution in [0.15, 0.2) is 0 Å². The molecule has 0 fully saturated rings. The standard InChI is InChI=1S/C11H22O2S2/c1-3-7-14-9-10(15-8-4-2)5-6-11(12)13/h10H,3-9H2,1-2H3,(H,12,13). The van der Waals surface area contributed by atoms with Gasteiger partial charge >= 0.3 is 5.97 Å². The fraction of sp³-hybridized carbons (Fsp3) is 0.909. The Balaban J connectivity index is 3.67. The summed E-state index contributed by atoms with van der Waals surface area (Å²) in [5.41, 5.74) is 0. The minimum atomic E-state index is -0.669. The molecule has 1 N–H and O–H groups in total. The largest absolute Gasteiger partial charge is 0.481 e. The first-order valence-corrected chi connectivity index (χ1v) is 7.82. The minimum Gasteiger partial charge on any atom is -0.481 e. The van der Waals surface area contributed by atoms with Crippen LogP contribution in [0.25, 0.3) is 0 Å². The van der Waals surface area contributed by atoms with Gasteiger partial charge in [-0.1, -0.05) is 13.8 Å². The van der Waals surface area contributed by atoms with E-state index in [1.165, 1.54) is 18.6 Å². The average molecular weight is 250 g/mol. The van der Waals surface area contributed by atoms with Gasteiger partial charge in [-0.2, -0.15) is 23.5 Å². The highest BCUT2D eigenvalue weighted by atomic mass is 32.2. The van der Waals surface area contributed by atoms with Crippen molar-refractivity contribution in [2.75, 3.05) is 17.3 Å². The maximum absolute atomic E-state index is 10.5. The van der Waals surface area contributed by atoms with Crippen molar-refractivity contribution in [3.63, 3.8) is 0 Å². The third-order valence-corrected chi connectivity index (χ3v) is 4.95. The normalized spacial score (nSPS) is 12.7. The molecule has 15 heavy (non-hydrogen) atoms. The lowest BCUT2D eigenvalue weighted by Gasteiger charge is -2.14. The second kappa shape index (κ2) is 10.7. The van der Waals surface area contributed by atoms with E-state index >= 15 is 0 Å². The molecule has 0 aromatic carbocycles. The molecule has 1 atom stereocenters. The van der Waals surface area contributed by atoms with Crippen LogP contribution < -0.4 is 0 Å².